The minimum absolute atomic E-state index is 0.117. The normalized spacial score (nSPS) is 13.8. The van der Waals surface area contributed by atoms with Crippen LogP contribution in [0.3, 0.4) is 0 Å². The molecule has 6 heteroatoms. The Morgan fingerprint density at radius 3 is 2.43 bits per heavy atom. The number of allylic oxidation sites excluding steroid dienone is 1. The Morgan fingerprint density at radius 2 is 1.73 bits per heavy atom. The van der Waals surface area contributed by atoms with Crippen molar-refractivity contribution in [2.24, 2.45) is 0 Å². The summed E-state index contributed by atoms with van der Waals surface area (Å²) in [6.07, 6.45) is 1.53. The van der Waals surface area contributed by atoms with Crippen molar-refractivity contribution in [2.45, 2.75) is 6.92 Å². The molecule has 0 aliphatic carbocycles. The molecule has 0 saturated carbocycles. The van der Waals surface area contributed by atoms with Gasteiger partial charge < -0.3 is 9.47 Å². The smallest absolute Gasteiger partial charge is 0.232 e. The number of halogens is 2. The molecule has 3 aromatic carbocycles. The third-order valence-electron chi connectivity index (χ3n) is 4.68. The van der Waals surface area contributed by atoms with Crippen LogP contribution in [0.5, 0.6) is 11.5 Å². The van der Waals surface area contributed by atoms with Crippen LogP contribution in [0.15, 0.2) is 66.4 Å². The number of carbonyl (C=O) groups excluding carboxylic acids is 2. The van der Waals surface area contributed by atoms with E-state index in [0.717, 1.165) is 0 Å². The van der Waals surface area contributed by atoms with Gasteiger partial charge in [0.2, 0.25) is 5.78 Å². The summed E-state index contributed by atoms with van der Waals surface area (Å²) in [6.45, 7) is 1.67. The average Bonchev–Trinajstić information content (AvgIpc) is 3.05. The molecule has 0 saturated heterocycles. The van der Waals surface area contributed by atoms with E-state index in [0.29, 0.717) is 43.8 Å². The van der Waals surface area contributed by atoms with Crippen molar-refractivity contribution >= 4 is 40.8 Å². The molecular weight excluding hydrogens is 423 g/mol. The summed E-state index contributed by atoms with van der Waals surface area (Å²) in [5, 5.41) is 0.838. The number of rotatable bonds is 5. The van der Waals surface area contributed by atoms with E-state index >= 15 is 0 Å². The summed E-state index contributed by atoms with van der Waals surface area (Å²) in [5.74, 6) is 0.544. The number of ether oxygens (including phenoxy) is 2. The summed E-state index contributed by atoms with van der Waals surface area (Å²) < 4.78 is 11.4. The Kier molecular flexibility index (Phi) is 5.62. The van der Waals surface area contributed by atoms with Gasteiger partial charge in [-0.2, -0.15) is 0 Å². The zero-order chi connectivity index (χ0) is 21.3. The van der Waals surface area contributed by atoms with Gasteiger partial charge in [-0.1, -0.05) is 59.6 Å². The lowest BCUT2D eigenvalue weighted by atomic mass is 10.0. The van der Waals surface area contributed by atoms with E-state index in [2.05, 4.69) is 0 Å². The van der Waals surface area contributed by atoms with Gasteiger partial charge in [0.1, 0.15) is 11.5 Å². The number of Topliss-reactive ketones (excluding diaryl/α,β-unsaturated/α-hetero) is 2. The van der Waals surface area contributed by atoms with Crippen molar-refractivity contribution in [2.75, 3.05) is 6.61 Å². The van der Waals surface area contributed by atoms with Gasteiger partial charge in [0.05, 0.1) is 5.56 Å². The highest BCUT2D eigenvalue weighted by atomic mass is 35.5. The van der Waals surface area contributed by atoms with E-state index in [1.54, 1.807) is 61.5 Å². The molecule has 30 heavy (non-hydrogen) atoms. The largest absolute Gasteiger partial charge is 0.485 e. The molecule has 0 radical (unpaired) electrons. The molecule has 0 fully saturated rings. The summed E-state index contributed by atoms with van der Waals surface area (Å²) in [4.78, 5) is 25.1. The van der Waals surface area contributed by atoms with E-state index in [-0.39, 0.29) is 23.9 Å². The Bertz CT molecular complexity index is 1160. The van der Waals surface area contributed by atoms with Gasteiger partial charge >= 0.3 is 0 Å². The van der Waals surface area contributed by atoms with Crippen LogP contribution < -0.4 is 9.47 Å². The Balaban J connectivity index is 1.57. The van der Waals surface area contributed by atoms with Crippen molar-refractivity contribution in [1.29, 1.82) is 0 Å². The Labute approximate surface area is 183 Å². The highest BCUT2D eigenvalue weighted by Gasteiger charge is 2.30. The molecule has 3 aromatic rings. The molecule has 0 aromatic heterocycles. The molecule has 0 spiro atoms. The van der Waals surface area contributed by atoms with Gasteiger partial charge in [-0.25, -0.2) is 0 Å². The monoisotopic (exact) mass is 438 g/mol. The van der Waals surface area contributed by atoms with E-state index in [1.807, 2.05) is 6.07 Å². The molecule has 0 N–H and O–H groups in total. The van der Waals surface area contributed by atoms with Crippen molar-refractivity contribution in [3.63, 3.8) is 0 Å². The predicted molar refractivity (Wildman–Crippen MR) is 117 cm³/mol. The molecule has 4 rings (SSSR count). The highest BCUT2D eigenvalue weighted by Crippen LogP contribution is 2.38. The minimum Gasteiger partial charge on any atom is -0.485 e. The highest BCUT2D eigenvalue weighted by molar-refractivity contribution is 6.37. The van der Waals surface area contributed by atoms with Gasteiger partial charge in [0.15, 0.2) is 18.1 Å². The first-order valence-corrected chi connectivity index (χ1v) is 9.93. The molecule has 1 aliphatic heterocycles. The molecular formula is C24H16Cl2O4. The fraction of sp³-hybridized carbons (Fsp3) is 0.0833. The van der Waals surface area contributed by atoms with E-state index in [1.165, 1.54) is 6.08 Å². The Morgan fingerprint density at radius 1 is 1.03 bits per heavy atom. The van der Waals surface area contributed by atoms with Crippen LogP contribution in [0.4, 0.5) is 0 Å². The lowest BCUT2D eigenvalue weighted by Crippen LogP contribution is -2.11. The van der Waals surface area contributed by atoms with Gasteiger partial charge in [-0.05, 0) is 36.8 Å². The molecule has 1 heterocycles. The molecule has 0 bridgehead atoms. The van der Waals surface area contributed by atoms with Crippen molar-refractivity contribution in [3.05, 3.63) is 98.7 Å². The fourth-order valence-corrected chi connectivity index (χ4v) is 3.70. The van der Waals surface area contributed by atoms with E-state index in [9.17, 15) is 9.59 Å². The van der Waals surface area contributed by atoms with Crippen LogP contribution in [0.25, 0.3) is 6.08 Å². The predicted octanol–water partition coefficient (Wildman–Crippen LogP) is 6.18. The second kappa shape index (κ2) is 8.34. The molecule has 0 amide bonds. The number of hydrogen-bond acceptors (Lipinski definition) is 4. The molecule has 1 aliphatic rings. The van der Waals surface area contributed by atoms with Crippen LogP contribution in [0.2, 0.25) is 10.0 Å². The van der Waals surface area contributed by atoms with Gasteiger partial charge in [0.25, 0.3) is 0 Å². The summed E-state index contributed by atoms with van der Waals surface area (Å²) >= 11 is 12.4. The second-order valence-electron chi connectivity index (χ2n) is 6.77. The number of hydrogen-bond donors (Lipinski definition) is 0. The molecule has 0 atom stereocenters. The van der Waals surface area contributed by atoms with Crippen LogP contribution in [0.1, 0.15) is 31.8 Å². The van der Waals surface area contributed by atoms with Crippen LogP contribution in [0, 0.1) is 6.92 Å². The number of benzene rings is 3. The maximum absolute atomic E-state index is 12.8. The zero-order valence-corrected chi connectivity index (χ0v) is 17.5. The standard InChI is InChI=1S/C24H16Cl2O4/c1-14-10-16(29-13-20(27)15-6-3-2-4-7-15)11-21-23(14)24(28)22(30-21)12-17-18(25)8-5-9-19(17)26/h2-12H,13H2,1H3/b22-12-. The van der Waals surface area contributed by atoms with Gasteiger partial charge in [-0.15, -0.1) is 0 Å². The number of fused-ring (bicyclic) bond motifs is 1. The van der Waals surface area contributed by atoms with E-state index < -0.39 is 0 Å². The maximum Gasteiger partial charge on any atom is 0.232 e. The first-order chi connectivity index (χ1) is 14.4. The van der Waals surface area contributed by atoms with Crippen molar-refractivity contribution in [1.82, 2.24) is 0 Å². The molecule has 4 nitrogen and oxygen atoms in total. The maximum atomic E-state index is 12.8. The molecule has 150 valence electrons. The first kappa shape index (κ1) is 20.2. The average molecular weight is 439 g/mol. The quantitative estimate of drug-likeness (QED) is 0.352. The van der Waals surface area contributed by atoms with Gasteiger partial charge in [0, 0.05) is 27.2 Å². The molecule has 0 unspecified atom stereocenters. The number of carbonyl (C=O) groups is 2. The lowest BCUT2D eigenvalue weighted by Gasteiger charge is -2.08. The zero-order valence-electron chi connectivity index (χ0n) is 15.9. The van der Waals surface area contributed by atoms with Crippen molar-refractivity contribution < 1.29 is 19.1 Å². The van der Waals surface area contributed by atoms with E-state index in [4.69, 9.17) is 32.7 Å². The Hall–Kier alpha value is -3.08. The van der Waals surface area contributed by atoms with Gasteiger partial charge in [-0.3, -0.25) is 9.59 Å². The lowest BCUT2D eigenvalue weighted by molar-refractivity contribution is 0.0920. The summed E-state index contributed by atoms with van der Waals surface area (Å²) in [7, 11) is 0. The minimum atomic E-state index is -0.259. The third kappa shape index (κ3) is 3.97. The van der Waals surface area contributed by atoms with Crippen LogP contribution in [-0.4, -0.2) is 18.2 Å². The van der Waals surface area contributed by atoms with Crippen LogP contribution in [-0.2, 0) is 0 Å². The SMILES string of the molecule is Cc1cc(OCC(=O)c2ccccc2)cc2c1C(=O)/C(=C/c1c(Cl)cccc1Cl)O2. The number of ketones is 2. The third-order valence-corrected chi connectivity index (χ3v) is 5.34. The van der Waals surface area contributed by atoms with Crippen LogP contribution >= 0.6 is 23.2 Å². The fourth-order valence-electron chi connectivity index (χ4n) is 3.20. The topological polar surface area (TPSA) is 52.6 Å². The number of aryl methyl sites for hydroxylation is 1. The second-order valence-corrected chi connectivity index (χ2v) is 7.58. The summed E-state index contributed by atoms with van der Waals surface area (Å²) in [6, 6.07) is 17.3. The first-order valence-electron chi connectivity index (χ1n) is 9.18. The van der Waals surface area contributed by atoms with Crippen molar-refractivity contribution in [3.8, 4) is 11.5 Å². The summed E-state index contributed by atoms with van der Waals surface area (Å²) in [5.41, 5.74) is 2.22.